The Morgan fingerprint density at radius 1 is 1.69 bits per heavy atom. The van der Waals surface area contributed by atoms with Crippen molar-refractivity contribution in [2.75, 3.05) is 13.6 Å². The molecule has 1 unspecified atom stereocenters. The molecule has 16 heavy (non-hydrogen) atoms. The van der Waals surface area contributed by atoms with E-state index in [9.17, 15) is 9.90 Å². The van der Waals surface area contributed by atoms with Gasteiger partial charge in [-0.3, -0.25) is 9.36 Å². The van der Waals surface area contributed by atoms with Crippen molar-refractivity contribution in [1.82, 2.24) is 14.9 Å². The fourth-order valence-corrected chi connectivity index (χ4v) is 2.33. The first-order chi connectivity index (χ1) is 7.72. The topological polar surface area (TPSA) is 67.2 Å². The van der Waals surface area contributed by atoms with Gasteiger partial charge in [0.05, 0.1) is 24.5 Å². The van der Waals surface area contributed by atoms with Crippen LogP contribution in [0.3, 0.4) is 0 Å². The summed E-state index contributed by atoms with van der Waals surface area (Å²) in [7, 11) is 1.76. The number of hydrogen-bond donors (Lipinski definition) is 2. The van der Waals surface area contributed by atoms with Crippen molar-refractivity contribution in [2.45, 2.75) is 12.6 Å². The number of aliphatic hydroxyl groups excluding tert-OH is 1. The number of aromatic nitrogens is 2. The molecule has 2 rings (SSSR count). The summed E-state index contributed by atoms with van der Waals surface area (Å²) in [6, 6.07) is 1.82. The third-order valence-corrected chi connectivity index (χ3v) is 3.17. The quantitative estimate of drug-likeness (QED) is 0.790. The first-order valence-corrected chi connectivity index (χ1v) is 5.85. The smallest absolute Gasteiger partial charge is 0.271 e. The van der Waals surface area contributed by atoms with Crippen LogP contribution in [0.2, 0.25) is 0 Å². The number of hydrogen-bond acceptors (Lipinski definition) is 5. The van der Waals surface area contributed by atoms with E-state index in [2.05, 4.69) is 10.3 Å². The zero-order chi connectivity index (χ0) is 11.5. The van der Waals surface area contributed by atoms with Gasteiger partial charge in [0.25, 0.3) is 5.56 Å². The van der Waals surface area contributed by atoms with E-state index in [4.69, 9.17) is 0 Å². The van der Waals surface area contributed by atoms with Crippen molar-refractivity contribution in [2.24, 2.45) is 0 Å². The van der Waals surface area contributed by atoms with E-state index in [0.717, 1.165) is 0 Å². The molecule has 2 heterocycles. The molecule has 0 saturated heterocycles. The molecule has 86 valence electrons. The number of rotatable bonds is 4. The number of likely N-dealkylation sites (N-methyl/N-ethyl adjacent to an activating group) is 1. The van der Waals surface area contributed by atoms with Crippen molar-refractivity contribution in [3.8, 4) is 0 Å². The van der Waals surface area contributed by atoms with Crippen LogP contribution in [0.15, 0.2) is 22.6 Å². The molecular weight excluding hydrogens is 226 g/mol. The highest BCUT2D eigenvalue weighted by atomic mass is 32.1. The number of nitrogens with zero attached hydrogens (tertiary/aromatic N) is 2. The first-order valence-electron chi connectivity index (χ1n) is 4.97. The average Bonchev–Trinajstić information content (AvgIpc) is 2.71. The maximum Gasteiger partial charge on any atom is 0.271 e. The molecule has 0 spiro atoms. The highest BCUT2D eigenvalue weighted by Gasteiger charge is 2.08. The van der Waals surface area contributed by atoms with Crippen LogP contribution in [0.4, 0.5) is 0 Å². The normalized spacial score (nSPS) is 13.1. The minimum absolute atomic E-state index is 0.0878. The summed E-state index contributed by atoms with van der Waals surface area (Å²) in [5.74, 6) is 0. The van der Waals surface area contributed by atoms with Crippen molar-refractivity contribution < 1.29 is 5.11 Å². The lowest BCUT2D eigenvalue weighted by atomic mass is 10.3. The number of fused-ring (bicyclic) bond motifs is 1. The van der Waals surface area contributed by atoms with Crippen LogP contribution in [0.25, 0.3) is 10.2 Å². The van der Waals surface area contributed by atoms with Crippen LogP contribution < -0.4 is 10.9 Å². The maximum atomic E-state index is 11.9. The highest BCUT2D eigenvalue weighted by molar-refractivity contribution is 7.17. The fourth-order valence-electron chi connectivity index (χ4n) is 1.54. The zero-order valence-electron chi connectivity index (χ0n) is 8.88. The van der Waals surface area contributed by atoms with Gasteiger partial charge >= 0.3 is 0 Å². The first kappa shape index (κ1) is 11.3. The standard InChI is InChI=1S/C10H13N3O2S/c1-11-4-7(14)5-13-6-12-8-2-3-16-9(8)10(13)15/h2-3,6-7,11,14H,4-5H2,1H3. The molecule has 0 saturated carbocycles. The minimum Gasteiger partial charge on any atom is -0.390 e. The second-order valence-corrected chi connectivity index (χ2v) is 4.46. The van der Waals surface area contributed by atoms with Crippen LogP contribution >= 0.6 is 11.3 Å². The van der Waals surface area contributed by atoms with E-state index < -0.39 is 6.10 Å². The predicted octanol–water partition coefficient (Wildman–Crippen LogP) is 0.0383. The van der Waals surface area contributed by atoms with Crippen molar-refractivity contribution in [3.05, 3.63) is 28.1 Å². The zero-order valence-corrected chi connectivity index (χ0v) is 9.70. The summed E-state index contributed by atoms with van der Waals surface area (Å²) in [5, 5.41) is 14.3. The number of aliphatic hydroxyl groups is 1. The number of thiophene rings is 1. The van der Waals surface area contributed by atoms with Gasteiger partial charge in [0.1, 0.15) is 4.70 Å². The van der Waals surface area contributed by atoms with Crippen molar-refractivity contribution in [1.29, 1.82) is 0 Å². The Morgan fingerprint density at radius 3 is 3.25 bits per heavy atom. The van der Waals surface area contributed by atoms with E-state index in [1.807, 2.05) is 11.4 Å². The summed E-state index contributed by atoms with van der Waals surface area (Å²) in [6.45, 7) is 0.718. The van der Waals surface area contributed by atoms with Gasteiger partial charge in [0.2, 0.25) is 0 Å². The molecule has 0 aromatic carbocycles. The van der Waals surface area contributed by atoms with Crippen LogP contribution in [-0.2, 0) is 6.54 Å². The van der Waals surface area contributed by atoms with Gasteiger partial charge in [-0.15, -0.1) is 11.3 Å². The van der Waals surface area contributed by atoms with E-state index in [1.54, 1.807) is 7.05 Å². The van der Waals surface area contributed by atoms with Gasteiger partial charge in [0, 0.05) is 6.54 Å². The van der Waals surface area contributed by atoms with Crippen molar-refractivity contribution >= 4 is 21.6 Å². The molecule has 0 aliphatic carbocycles. The van der Waals surface area contributed by atoms with Gasteiger partial charge in [-0.1, -0.05) is 0 Å². The summed E-state index contributed by atoms with van der Waals surface area (Å²) in [5.41, 5.74) is 0.629. The largest absolute Gasteiger partial charge is 0.390 e. The second-order valence-electron chi connectivity index (χ2n) is 3.55. The molecule has 2 aromatic rings. The average molecular weight is 239 g/mol. The number of nitrogens with one attached hydrogen (secondary N) is 1. The van der Waals surface area contributed by atoms with Crippen molar-refractivity contribution in [3.63, 3.8) is 0 Å². The molecule has 2 N–H and O–H groups in total. The Labute approximate surface area is 96.4 Å². The van der Waals surface area contributed by atoms with Crippen LogP contribution in [0, 0.1) is 0 Å². The van der Waals surface area contributed by atoms with Crippen LogP contribution in [-0.4, -0.2) is 34.4 Å². The molecular formula is C10H13N3O2S. The lowest BCUT2D eigenvalue weighted by Gasteiger charge is -2.11. The summed E-state index contributed by atoms with van der Waals surface area (Å²) in [4.78, 5) is 16.1. The van der Waals surface area contributed by atoms with Gasteiger partial charge < -0.3 is 10.4 Å². The molecule has 0 fully saturated rings. The second kappa shape index (κ2) is 4.73. The Kier molecular flexibility index (Phi) is 3.33. The molecule has 5 nitrogen and oxygen atoms in total. The molecule has 0 aliphatic heterocycles. The van der Waals surface area contributed by atoms with E-state index in [-0.39, 0.29) is 12.1 Å². The summed E-state index contributed by atoms with van der Waals surface area (Å²) >= 11 is 1.38. The third kappa shape index (κ3) is 2.13. The fraction of sp³-hybridized carbons (Fsp3) is 0.400. The van der Waals surface area contributed by atoms with E-state index >= 15 is 0 Å². The minimum atomic E-state index is -0.582. The molecule has 1 atom stereocenters. The third-order valence-electron chi connectivity index (χ3n) is 2.28. The van der Waals surface area contributed by atoms with Gasteiger partial charge in [-0.25, -0.2) is 4.98 Å². The summed E-state index contributed by atoms with van der Waals surface area (Å²) in [6.07, 6.45) is 0.901. The van der Waals surface area contributed by atoms with E-state index in [0.29, 0.717) is 16.8 Å². The molecule has 0 bridgehead atoms. The molecule has 6 heteroatoms. The lowest BCUT2D eigenvalue weighted by molar-refractivity contribution is 0.152. The molecule has 2 aromatic heterocycles. The van der Waals surface area contributed by atoms with Crippen LogP contribution in [0.1, 0.15) is 0 Å². The predicted molar refractivity (Wildman–Crippen MR) is 63.8 cm³/mol. The Morgan fingerprint density at radius 2 is 2.50 bits per heavy atom. The van der Waals surface area contributed by atoms with E-state index in [1.165, 1.54) is 22.2 Å². The molecule has 0 aliphatic rings. The molecule has 0 amide bonds. The van der Waals surface area contributed by atoms with Gasteiger partial charge in [-0.2, -0.15) is 0 Å². The Bertz CT molecular complexity index is 534. The van der Waals surface area contributed by atoms with Gasteiger partial charge in [0.15, 0.2) is 0 Å². The maximum absolute atomic E-state index is 11.9. The van der Waals surface area contributed by atoms with Gasteiger partial charge in [-0.05, 0) is 18.5 Å². The SMILES string of the molecule is CNCC(O)Cn1cnc2ccsc2c1=O. The Hall–Kier alpha value is -1.24. The Balaban J connectivity index is 2.31. The monoisotopic (exact) mass is 239 g/mol. The van der Waals surface area contributed by atoms with Crippen LogP contribution in [0.5, 0.6) is 0 Å². The summed E-state index contributed by atoms with van der Waals surface area (Å²) < 4.78 is 2.08. The lowest BCUT2D eigenvalue weighted by Crippen LogP contribution is -2.32. The highest BCUT2D eigenvalue weighted by Crippen LogP contribution is 2.13. The molecule has 0 radical (unpaired) electrons.